The van der Waals surface area contributed by atoms with Crippen LogP contribution in [0.5, 0.6) is 0 Å². The van der Waals surface area contributed by atoms with E-state index in [1.54, 1.807) is 0 Å². The van der Waals surface area contributed by atoms with E-state index in [0.29, 0.717) is 17.5 Å². The number of benzene rings is 8. The van der Waals surface area contributed by atoms with E-state index in [1.165, 1.54) is 60.5 Å². The average molecular weight is 844 g/mol. The highest BCUT2D eigenvalue weighted by Gasteiger charge is 2.54. The molecule has 12 rings (SSSR count). The lowest BCUT2D eigenvalue weighted by Crippen LogP contribution is -2.32. The lowest BCUT2D eigenvalue weighted by molar-refractivity contribution is 0.770. The second-order valence-electron chi connectivity index (χ2n) is 17.5. The minimum absolute atomic E-state index is 0.105. The van der Waals surface area contributed by atoms with Gasteiger partial charge in [0.1, 0.15) is 0 Å². The zero-order chi connectivity index (χ0) is 44.2. The Balaban J connectivity index is 1.04. The molecule has 1 atom stereocenters. The molecule has 0 bridgehead atoms. The van der Waals surface area contributed by atoms with Gasteiger partial charge in [0.05, 0.1) is 5.41 Å². The molecule has 1 aromatic heterocycles. The van der Waals surface area contributed by atoms with Gasteiger partial charge in [0.15, 0.2) is 17.5 Å². The molecular weight excluding hydrogens is 799 g/mol. The fourth-order valence-corrected chi connectivity index (χ4v) is 10.7. The highest BCUT2D eigenvalue weighted by molar-refractivity contribution is 6.02. The number of hydrogen-bond acceptors (Lipinski definition) is 3. The van der Waals surface area contributed by atoms with Gasteiger partial charge in [0.25, 0.3) is 0 Å². The lowest BCUT2D eigenvalue weighted by atomic mass is 9.67. The smallest absolute Gasteiger partial charge is 0.164 e. The molecule has 8 aromatic carbocycles. The van der Waals surface area contributed by atoms with Crippen LogP contribution in [0.25, 0.3) is 85.3 Å². The van der Waals surface area contributed by atoms with Gasteiger partial charge < -0.3 is 0 Å². The predicted octanol–water partition coefficient (Wildman–Crippen LogP) is 13.7. The molecule has 3 heteroatoms. The van der Waals surface area contributed by atoms with Crippen LogP contribution in [0.15, 0.2) is 230 Å². The van der Waals surface area contributed by atoms with E-state index in [-0.39, 0.29) is 5.92 Å². The van der Waals surface area contributed by atoms with E-state index in [4.69, 9.17) is 15.0 Å². The second kappa shape index (κ2) is 16.1. The Hall–Kier alpha value is -8.27. The Kier molecular flexibility index (Phi) is 9.57. The summed E-state index contributed by atoms with van der Waals surface area (Å²) in [5.74, 6) is 2.01. The van der Waals surface area contributed by atoms with Crippen molar-refractivity contribution >= 4 is 17.7 Å². The first-order valence-electron chi connectivity index (χ1n) is 22.9. The fourth-order valence-electron chi connectivity index (χ4n) is 10.7. The summed E-state index contributed by atoms with van der Waals surface area (Å²) in [7, 11) is 0. The standard InChI is InChI=1S/C63H45N3/c1-3-4-27-54-53-30-13-16-33-58(53)63(56-31-14-11-28-51(56)52-29-12-15-32-57(52)63)59(54)55-40-46-34-35-49(39-50(46)36-41(55)2)62-65-60(47-25-17-23-44(37-47)42-19-7-5-8-20-42)64-61(66-62)48-26-18-24-45(38-48)43-21-9-6-10-22-43/h3-41H,1-2H3/b4-3-,54-27+,59-55-. The van der Waals surface area contributed by atoms with E-state index in [9.17, 15) is 0 Å². The van der Waals surface area contributed by atoms with Crippen molar-refractivity contribution in [2.75, 3.05) is 0 Å². The van der Waals surface area contributed by atoms with Crippen LogP contribution in [-0.4, -0.2) is 15.0 Å². The number of fused-ring (bicyclic) bond motifs is 8. The highest BCUT2D eigenvalue weighted by atomic mass is 15.0. The van der Waals surface area contributed by atoms with Crippen LogP contribution in [0.3, 0.4) is 0 Å². The van der Waals surface area contributed by atoms with Crippen molar-refractivity contribution in [2.24, 2.45) is 5.92 Å². The van der Waals surface area contributed by atoms with Crippen LogP contribution in [0.4, 0.5) is 0 Å². The fraction of sp³-hybridized carbons (Fsp3) is 0.0635. The molecular formula is C63H45N3. The van der Waals surface area contributed by atoms with Gasteiger partial charge in [-0.05, 0) is 108 Å². The third kappa shape index (κ3) is 6.38. The maximum Gasteiger partial charge on any atom is 0.164 e. The molecule has 3 nitrogen and oxygen atoms in total. The summed E-state index contributed by atoms with van der Waals surface area (Å²) in [6, 6.07) is 71.8. The minimum Gasteiger partial charge on any atom is -0.208 e. The van der Waals surface area contributed by atoms with Crippen molar-refractivity contribution in [3.63, 3.8) is 0 Å². The number of rotatable bonds is 6. The Morgan fingerprint density at radius 1 is 0.424 bits per heavy atom. The summed E-state index contributed by atoms with van der Waals surface area (Å²) in [4.78, 5) is 15.7. The second-order valence-corrected chi connectivity index (χ2v) is 17.5. The van der Waals surface area contributed by atoms with Crippen LogP contribution < -0.4 is 10.4 Å². The molecule has 0 aliphatic heterocycles. The zero-order valence-corrected chi connectivity index (χ0v) is 36.9. The number of aromatic nitrogens is 3. The van der Waals surface area contributed by atoms with Crippen LogP contribution in [0.1, 0.15) is 36.1 Å². The lowest BCUT2D eigenvalue weighted by Gasteiger charge is -2.34. The molecule has 0 N–H and O–H groups in total. The molecule has 0 saturated heterocycles. The summed E-state index contributed by atoms with van der Waals surface area (Å²) >= 11 is 0. The average Bonchev–Trinajstić information content (AvgIpc) is 3.85. The van der Waals surface area contributed by atoms with Gasteiger partial charge in [-0.3, -0.25) is 0 Å². The van der Waals surface area contributed by atoms with Crippen molar-refractivity contribution in [1.82, 2.24) is 15.0 Å². The number of allylic oxidation sites excluding steroid dienone is 6. The quantitative estimate of drug-likeness (QED) is 0.167. The molecule has 3 aliphatic rings. The third-order valence-corrected chi connectivity index (χ3v) is 13.6. The van der Waals surface area contributed by atoms with Gasteiger partial charge >= 0.3 is 0 Å². The monoisotopic (exact) mass is 843 g/mol. The molecule has 0 radical (unpaired) electrons. The van der Waals surface area contributed by atoms with Gasteiger partial charge in [-0.25, -0.2) is 15.0 Å². The first-order chi connectivity index (χ1) is 32.6. The van der Waals surface area contributed by atoms with Crippen molar-refractivity contribution in [1.29, 1.82) is 0 Å². The molecule has 66 heavy (non-hydrogen) atoms. The summed E-state index contributed by atoms with van der Waals surface area (Å²) in [5.41, 5.74) is 18.8. The molecule has 0 fully saturated rings. The normalized spacial score (nSPS) is 16.9. The van der Waals surface area contributed by atoms with Crippen LogP contribution in [0, 0.1) is 5.92 Å². The van der Waals surface area contributed by atoms with Crippen LogP contribution >= 0.6 is 0 Å². The highest BCUT2D eigenvalue weighted by Crippen LogP contribution is 2.65. The van der Waals surface area contributed by atoms with Crippen molar-refractivity contribution in [3.05, 3.63) is 262 Å². The molecule has 0 amide bonds. The van der Waals surface area contributed by atoms with E-state index < -0.39 is 5.41 Å². The Bertz CT molecular complexity index is 3470. The van der Waals surface area contributed by atoms with Gasteiger partial charge in [-0.15, -0.1) is 0 Å². The van der Waals surface area contributed by atoms with Crippen LogP contribution in [-0.2, 0) is 5.41 Å². The zero-order valence-electron chi connectivity index (χ0n) is 36.9. The molecule has 1 heterocycles. The molecule has 1 unspecified atom stereocenters. The largest absolute Gasteiger partial charge is 0.208 e. The van der Waals surface area contributed by atoms with Gasteiger partial charge in [-0.2, -0.15) is 0 Å². The molecule has 312 valence electrons. The Morgan fingerprint density at radius 3 is 1.42 bits per heavy atom. The van der Waals surface area contributed by atoms with E-state index in [2.05, 4.69) is 232 Å². The minimum atomic E-state index is -0.462. The summed E-state index contributed by atoms with van der Waals surface area (Å²) in [6.07, 6.45) is 11.6. The topological polar surface area (TPSA) is 38.7 Å². The Labute approximate surface area is 385 Å². The molecule has 0 saturated carbocycles. The Morgan fingerprint density at radius 2 is 0.879 bits per heavy atom. The van der Waals surface area contributed by atoms with Gasteiger partial charge in [-0.1, -0.05) is 219 Å². The SMILES string of the molecule is C\C=C/C=C1/C(=C2\C=c3ccc(-c4nc(-c5cccc(-c6ccccc6)c5)nc(-c5cccc(-c6ccccc6)c5)n4)cc3=CC2C)C2(c3ccccc31)c1ccccc1-c1ccccc12. The summed E-state index contributed by atoms with van der Waals surface area (Å²) < 4.78 is 0. The van der Waals surface area contributed by atoms with Crippen molar-refractivity contribution in [3.8, 4) is 67.5 Å². The molecule has 1 spiro atoms. The van der Waals surface area contributed by atoms with E-state index in [1.807, 2.05) is 12.1 Å². The number of hydrogen-bond donors (Lipinski definition) is 0. The first kappa shape index (κ1) is 39.3. The summed E-state index contributed by atoms with van der Waals surface area (Å²) in [5, 5.41) is 2.34. The van der Waals surface area contributed by atoms with E-state index in [0.717, 1.165) is 38.9 Å². The first-order valence-corrected chi connectivity index (χ1v) is 22.9. The maximum absolute atomic E-state index is 5.24. The van der Waals surface area contributed by atoms with Gasteiger partial charge in [0.2, 0.25) is 0 Å². The number of nitrogens with zero attached hydrogens (tertiary/aromatic N) is 3. The van der Waals surface area contributed by atoms with Gasteiger partial charge in [0, 0.05) is 22.6 Å². The van der Waals surface area contributed by atoms with Crippen LogP contribution in [0.2, 0.25) is 0 Å². The van der Waals surface area contributed by atoms with E-state index >= 15 is 0 Å². The maximum atomic E-state index is 5.24. The molecule has 3 aliphatic carbocycles. The van der Waals surface area contributed by atoms with Crippen molar-refractivity contribution in [2.45, 2.75) is 19.3 Å². The van der Waals surface area contributed by atoms with Crippen molar-refractivity contribution < 1.29 is 0 Å². The predicted molar refractivity (Wildman–Crippen MR) is 272 cm³/mol. The molecule has 9 aromatic rings. The third-order valence-electron chi connectivity index (χ3n) is 13.6. The summed E-state index contributed by atoms with van der Waals surface area (Å²) in [6.45, 7) is 4.45.